The van der Waals surface area contributed by atoms with Gasteiger partial charge in [-0.05, 0) is 42.3 Å². The van der Waals surface area contributed by atoms with Crippen LogP contribution in [0.25, 0.3) is 6.08 Å². The van der Waals surface area contributed by atoms with E-state index in [1.807, 2.05) is 0 Å². The third kappa shape index (κ3) is 3.25. The SMILES string of the molecule is CC(=O)Oc1cc(C)c2c(c1)O/C(=C\c1ccc([N+](=O)[O-])cc1)C2=O. The molecule has 0 radical (unpaired) electrons. The molecule has 1 aliphatic heterocycles. The zero-order valence-electron chi connectivity index (χ0n) is 13.4. The molecule has 3 rings (SSSR count). The van der Waals surface area contributed by atoms with Crippen LogP contribution in [0.15, 0.2) is 42.2 Å². The summed E-state index contributed by atoms with van der Waals surface area (Å²) in [6, 6.07) is 8.84. The summed E-state index contributed by atoms with van der Waals surface area (Å²) in [4.78, 5) is 33.8. The fraction of sp³-hybridized carbons (Fsp3) is 0.111. The van der Waals surface area contributed by atoms with E-state index in [-0.39, 0.29) is 17.2 Å². The second-order valence-electron chi connectivity index (χ2n) is 5.50. The smallest absolute Gasteiger partial charge is 0.308 e. The molecule has 0 aromatic heterocycles. The maximum atomic E-state index is 12.5. The largest absolute Gasteiger partial charge is 0.452 e. The van der Waals surface area contributed by atoms with Crippen molar-refractivity contribution in [3.63, 3.8) is 0 Å². The van der Waals surface area contributed by atoms with Crippen molar-refractivity contribution in [1.29, 1.82) is 0 Å². The van der Waals surface area contributed by atoms with Crippen molar-refractivity contribution in [2.24, 2.45) is 0 Å². The van der Waals surface area contributed by atoms with Crippen molar-refractivity contribution in [3.8, 4) is 11.5 Å². The van der Waals surface area contributed by atoms with E-state index in [2.05, 4.69) is 0 Å². The molecule has 0 aliphatic carbocycles. The highest BCUT2D eigenvalue weighted by molar-refractivity contribution is 6.15. The summed E-state index contributed by atoms with van der Waals surface area (Å²) < 4.78 is 10.6. The molecule has 0 unspecified atom stereocenters. The molecule has 0 saturated heterocycles. The molecule has 7 heteroatoms. The van der Waals surface area contributed by atoms with E-state index >= 15 is 0 Å². The Morgan fingerprint density at radius 1 is 1.24 bits per heavy atom. The fourth-order valence-corrected chi connectivity index (χ4v) is 2.55. The number of aryl methyl sites for hydroxylation is 1. The molecular formula is C18H13NO6. The van der Waals surface area contributed by atoms with E-state index < -0.39 is 10.9 Å². The molecule has 7 nitrogen and oxygen atoms in total. The van der Waals surface area contributed by atoms with E-state index in [0.717, 1.165) is 0 Å². The number of ketones is 1. The van der Waals surface area contributed by atoms with Gasteiger partial charge in [0, 0.05) is 25.1 Å². The number of fused-ring (bicyclic) bond motifs is 1. The first-order valence-electron chi connectivity index (χ1n) is 7.37. The third-order valence-corrected chi connectivity index (χ3v) is 3.61. The van der Waals surface area contributed by atoms with Gasteiger partial charge in [-0.3, -0.25) is 19.7 Å². The molecular weight excluding hydrogens is 326 g/mol. The Bertz CT molecular complexity index is 927. The second-order valence-corrected chi connectivity index (χ2v) is 5.50. The number of carbonyl (C=O) groups is 2. The summed E-state index contributed by atoms with van der Waals surface area (Å²) in [6.45, 7) is 3.01. The number of nitro benzene ring substituents is 1. The van der Waals surface area contributed by atoms with Crippen LogP contribution in [0.5, 0.6) is 11.5 Å². The van der Waals surface area contributed by atoms with E-state index in [1.165, 1.54) is 43.3 Å². The summed E-state index contributed by atoms with van der Waals surface area (Å²) in [5.41, 5.74) is 1.60. The normalized spacial score (nSPS) is 14.2. The minimum Gasteiger partial charge on any atom is -0.452 e. The first kappa shape index (κ1) is 16.4. The van der Waals surface area contributed by atoms with Gasteiger partial charge in [0.15, 0.2) is 5.76 Å². The number of nitro groups is 1. The minimum absolute atomic E-state index is 0.0361. The molecule has 0 fully saturated rings. The number of allylic oxidation sites excluding steroid dienone is 1. The van der Waals surface area contributed by atoms with Gasteiger partial charge in [0.2, 0.25) is 5.78 Å². The van der Waals surface area contributed by atoms with Crippen molar-refractivity contribution >= 4 is 23.5 Å². The topological polar surface area (TPSA) is 95.7 Å². The van der Waals surface area contributed by atoms with Crippen LogP contribution in [-0.2, 0) is 4.79 Å². The Kier molecular flexibility index (Phi) is 4.06. The zero-order chi connectivity index (χ0) is 18.1. The maximum Gasteiger partial charge on any atom is 0.308 e. The molecule has 2 aromatic rings. The number of rotatable bonds is 3. The van der Waals surface area contributed by atoms with Crippen LogP contribution in [0, 0.1) is 17.0 Å². The monoisotopic (exact) mass is 339 g/mol. The molecule has 1 aliphatic rings. The summed E-state index contributed by atoms with van der Waals surface area (Å²) in [5, 5.41) is 10.7. The van der Waals surface area contributed by atoms with Crippen molar-refractivity contribution in [2.45, 2.75) is 13.8 Å². The van der Waals surface area contributed by atoms with Crippen molar-refractivity contribution in [3.05, 3.63) is 69.0 Å². The molecule has 2 aromatic carbocycles. The minimum atomic E-state index is -0.496. The van der Waals surface area contributed by atoms with Gasteiger partial charge in [-0.1, -0.05) is 0 Å². The highest BCUT2D eigenvalue weighted by Crippen LogP contribution is 2.37. The predicted octanol–water partition coefficient (Wildman–Crippen LogP) is 3.44. The van der Waals surface area contributed by atoms with Crippen LogP contribution >= 0.6 is 0 Å². The molecule has 126 valence electrons. The number of carbonyl (C=O) groups excluding carboxylic acids is 2. The lowest BCUT2D eigenvalue weighted by Crippen LogP contribution is -2.02. The highest BCUT2D eigenvalue weighted by atomic mass is 16.6. The Morgan fingerprint density at radius 2 is 1.92 bits per heavy atom. The van der Waals surface area contributed by atoms with Gasteiger partial charge >= 0.3 is 5.97 Å². The highest BCUT2D eigenvalue weighted by Gasteiger charge is 2.30. The lowest BCUT2D eigenvalue weighted by Gasteiger charge is -2.05. The molecule has 0 N–H and O–H groups in total. The van der Waals surface area contributed by atoms with E-state index in [1.54, 1.807) is 13.0 Å². The second kappa shape index (κ2) is 6.20. The molecule has 25 heavy (non-hydrogen) atoms. The van der Waals surface area contributed by atoms with Crippen molar-refractivity contribution < 1.29 is 24.0 Å². The van der Waals surface area contributed by atoms with Gasteiger partial charge < -0.3 is 9.47 Å². The quantitative estimate of drug-likeness (QED) is 0.279. The van der Waals surface area contributed by atoms with Crippen LogP contribution in [0.2, 0.25) is 0 Å². The van der Waals surface area contributed by atoms with Crippen LogP contribution in [0.3, 0.4) is 0 Å². The van der Waals surface area contributed by atoms with Gasteiger partial charge in [0.05, 0.1) is 10.5 Å². The number of esters is 1. The van der Waals surface area contributed by atoms with E-state index in [0.29, 0.717) is 28.2 Å². The average Bonchev–Trinajstić information content (AvgIpc) is 2.83. The zero-order valence-corrected chi connectivity index (χ0v) is 13.4. The van der Waals surface area contributed by atoms with Gasteiger partial charge in [0.1, 0.15) is 11.5 Å². The van der Waals surface area contributed by atoms with Crippen LogP contribution in [-0.4, -0.2) is 16.7 Å². The van der Waals surface area contributed by atoms with Crippen LogP contribution < -0.4 is 9.47 Å². The number of ether oxygens (including phenoxy) is 2. The first-order chi connectivity index (χ1) is 11.8. The predicted molar refractivity (Wildman–Crippen MR) is 88.5 cm³/mol. The number of nitrogens with zero attached hydrogens (tertiary/aromatic N) is 1. The number of hydrogen-bond donors (Lipinski definition) is 0. The van der Waals surface area contributed by atoms with Crippen LogP contribution in [0.4, 0.5) is 5.69 Å². The Balaban J connectivity index is 1.92. The fourth-order valence-electron chi connectivity index (χ4n) is 2.55. The molecule has 0 saturated carbocycles. The van der Waals surface area contributed by atoms with Gasteiger partial charge in [-0.2, -0.15) is 0 Å². The summed E-state index contributed by atoms with van der Waals surface area (Å²) >= 11 is 0. The Labute approximate surface area is 142 Å². The summed E-state index contributed by atoms with van der Waals surface area (Å²) in [7, 11) is 0. The number of hydrogen-bond acceptors (Lipinski definition) is 6. The third-order valence-electron chi connectivity index (χ3n) is 3.61. The standard InChI is InChI=1S/C18H13NO6/c1-10-7-14(24-11(2)20)9-15-17(10)18(21)16(25-15)8-12-3-5-13(6-4-12)19(22)23/h3-9H,1-2H3/b16-8-. The Hall–Kier alpha value is -3.48. The molecule has 0 amide bonds. The molecule has 0 atom stereocenters. The first-order valence-corrected chi connectivity index (χ1v) is 7.37. The molecule has 0 bridgehead atoms. The van der Waals surface area contributed by atoms with Gasteiger partial charge in [0.25, 0.3) is 5.69 Å². The Morgan fingerprint density at radius 3 is 2.52 bits per heavy atom. The number of non-ortho nitro benzene ring substituents is 1. The lowest BCUT2D eigenvalue weighted by molar-refractivity contribution is -0.384. The van der Waals surface area contributed by atoms with E-state index in [9.17, 15) is 19.7 Å². The number of Topliss-reactive ketones (excluding diaryl/α,β-unsaturated/α-hetero) is 1. The summed E-state index contributed by atoms with van der Waals surface area (Å²) in [6.07, 6.45) is 1.51. The average molecular weight is 339 g/mol. The summed E-state index contributed by atoms with van der Waals surface area (Å²) in [5.74, 6) is -0.0416. The van der Waals surface area contributed by atoms with Gasteiger partial charge in [-0.15, -0.1) is 0 Å². The maximum absolute atomic E-state index is 12.5. The lowest BCUT2D eigenvalue weighted by atomic mass is 10.0. The van der Waals surface area contributed by atoms with Crippen LogP contribution in [0.1, 0.15) is 28.4 Å². The number of benzene rings is 2. The van der Waals surface area contributed by atoms with Gasteiger partial charge in [-0.25, -0.2) is 0 Å². The van der Waals surface area contributed by atoms with E-state index in [4.69, 9.17) is 9.47 Å². The van der Waals surface area contributed by atoms with Crippen molar-refractivity contribution in [1.82, 2.24) is 0 Å². The molecule has 1 heterocycles. The van der Waals surface area contributed by atoms with Crippen molar-refractivity contribution in [2.75, 3.05) is 0 Å². The molecule has 0 spiro atoms.